The van der Waals surface area contributed by atoms with Crippen LogP contribution in [0.25, 0.3) is 0 Å². The molecule has 2 atom stereocenters. The fourth-order valence-corrected chi connectivity index (χ4v) is 2.67. The Balaban J connectivity index is 1.64. The maximum Gasteiger partial charge on any atom is 0.251 e. The van der Waals surface area contributed by atoms with E-state index >= 15 is 0 Å². The Hall–Kier alpha value is -1.00. The average Bonchev–Trinajstić information content (AvgIpc) is 3.11. The van der Waals surface area contributed by atoms with Gasteiger partial charge in [-0.05, 0) is 49.4 Å². The van der Waals surface area contributed by atoms with Crippen molar-refractivity contribution < 1.29 is 9.53 Å². The predicted molar refractivity (Wildman–Crippen MR) is 72.0 cm³/mol. The quantitative estimate of drug-likeness (QED) is 0.821. The molecule has 3 rings (SSSR count). The fourth-order valence-electron chi connectivity index (χ4n) is 2.52. The lowest BCUT2D eigenvalue weighted by Gasteiger charge is -2.19. The van der Waals surface area contributed by atoms with Gasteiger partial charge in [0.25, 0.3) is 5.91 Å². The van der Waals surface area contributed by atoms with Crippen LogP contribution in [0.5, 0.6) is 0 Å². The molecule has 3 nitrogen and oxygen atoms in total. The van der Waals surface area contributed by atoms with Crippen molar-refractivity contribution in [3.63, 3.8) is 0 Å². The van der Waals surface area contributed by atoms with Crippen molar-refractivity contribution in [1.29, 1.82) is 0 Å². The molecule has 2 aliphatic rings. The van der Waals surface area contributed by atoms with Crippen molar-refractivity contribution in [2.75, 3.05) is 6.61 Å². The van der Waals surface area contributed by atoms with Gasteiger partial charge in [-0.3, -0.25) is 4.79 Å². The molecule has 18 heavy (non-hydrogen) atoms. The lowest BCUT2D eigenvalue weighted by molar-refractivity contribution is 0.0729. The van der Waals surface area contributed by atoms with Crippen LogP contribution in [0.3, 0.4) is 0 Å². The van der Waals surface area contributed by atoms with Crippen LogP contribution >= 0.6 is 12.6 Å². The third kappa shape index (κ3) is 2.54. The van der Waals surface area contributed by atoms with Crippen molar-refractivity contribution in [1.82, 2.24) is 5.32 Å². The summed E-state index contributed by atoms with van der Waals surface area (Å²) in [5, 5.41) is 3.10. The summed E-state index contributed by atoms with van der Waals surface area (Å²) in [7, 11) is 0. The van der Waals surface area contributed by atoms with Crippen LogP contribution in [0, 0.1) is 5.92 Å². The van der Waals surface area contributed by atoms with Crippen LogP contribution in [0.15, 0.2) is 29.2 Å². The molecule has 1 aromatic carbocycles. The van der Waals surface area contributed by atoms with Gasteiger partial charge in [0.1, 0.15) is 0 Å². The highest BCUT2D eigenvalue weighted by atomic mass is 32.1. The minimum atomic E-state index is -0.00974. The molecule has 1 N–H and O–H groups in total. The highest BCUT2D eigenvalue weighted by Gasteiger charge is 2.41. The Morgan fingerprint density at radius 3 is 2.61 bits per heavy atom. The maximum atomic E-state index is 12.1. The van der Waals surface area contributed by atoms with Crippen molar-refractivity contribution in [3.8, 4) is 0 Å². The third-order valence-electron chi connectivity index (χ3n) is 3.67. The Morgan fingerprint density at radius 1 is 1.22 bits per heavy atom. The largest absolute Gasteiger partial charge is 0.376 e. The van der Waals surface area contributed by atoms with Crippen molar-refractivity contribution in [3.05, 3.63) is 29.8 Å². The van der Waals surface area contributed by atoms with Crippen LogP contribution < -0.4 is 5.32 Å². The molecule has 1 aliphatic carbocycles. The SMILES string of the molecule is O=C(NC1CCOC1C1CC1)c1ccc(S)cc1. The topological polar surface area (TPSA) is 38.3 Å². The number of amides is 1. The Morgan fingerprint density at radius 2 is 1.94 bits per heavy atom. The molecule has 1 saturated heterocycles. The number of rotatable bonds is 3. The summed E-state index contributed by atoms with van der Waals surface area (Å²) in [6, 6.07) is 7.46. The summed E-state index contributed by atoms with van der Waals surface area (Å²) < 4.78 is 5.72. The van der Waals surface area contributed by atoms with Crippen molar-refractivity contribution >= 4 is 18.5 Å². The molecular formula is C14H17NO2S. The Bertz CT molecular complexity index is 442. The number of ether oxygens (including phenoxy) is 1. The van der Waals surface area contributed by atoms with Gasteiger partial charge in [-0.2, -0.15) is 0 Å². The molecule has 0 bridgehead atoms. The highest BCUT2D eigenvalue weighted by Crippen LogP contribution is 2.38. The smallest absolute Gasteiger partial charge is 0.251 e. The van der Waals surface area contributed by atoms with Crippen LogP contribution in [0.2, 0.25) is 0 Å². The molecule has 1 amide bonds. The third-order valence-corrected chi connectivity index (χ3v) is 3.97. The zero-order valence-corrected chi connectivity index (χ0v) is 11.0. The minimum Gasteiger partial charge on any atom is -0.376 e. The Labute approximate surface area is 112 Å². The normalized spacial score (nSPS) is 27.2. The molecule has 1 saturated carbocycles. The molecule has 2 fully saturated rings. The van der Waals surface area contributed by atoms with Crippen LogP contribution in [0.1, 0.15) is 29.6 Å². The average molecular weight is 263 g/mol. The summed E-state index contributed by atoms with van der Waals surface area (Å²) >= 11 is 4.21. The molecule has 0 spiro atoms. The number of carbonyl (C=O) groups is 1. The molecule has 0 radical (unpaired) electrons. The minimum absolute atomic E-state index is 0.00974. The van der Waals surface area contributed by atoms with E-state index < -0.39 is 0 Å². The van der Waals surface area contributed by atoms with Gasteiger partial charge in [0.2, 0.25) is 0 Å². The molecule has 1 aromatic rings. The lowest BCUT2D eigenvalue weighted by Crippen LogP contribution is -2.41. The summed E-state index contributed by atoms with van der Waals surface area (Å²) in [4.78, 5) is 13.0. The highest BCUT2D eigenvalue weighted by molar-refractivity contribution is 7.80. The van der Waals surface area contributed by atoms with E-state index in [0.29, 0.717) is 11.5 Å². The molecule has 2 unspecified atom stereocenters. The standard InChI is InChI=1S/C14H17NO2S/c16-14(10-3-5-11(18)6-4-10)15-12-7-8-17-13(12)9-1-2-9/h3-6,9,12-13,18H,1-2,7-8H2,(H,15,16). The van der Waals surface area contributed by atoms with Gasteiger partial charge in [-0.15, -0.1) is 12.6 Å². The number of thiol groups is 1. The first-order chi connectivity index (χ1) is 8.74. The first kappa shape index (κ1) is 12.1. The molecule has 96 valence electrons. The summed E-state index contributed by atoms with van der Waals surface area (Å²) in [5.41, 5.74) is 0.689. The second-order valence-electron chi connectivity index (χ2n) is 5.09. The van der Waals surface area contributed by atoms with Gasteiger partial charge in [0, 0.05) is 17.1 Å². The van der Waals surface area contributed by atoms with E-state index in [9.17, 15) is 4.79 Å². The number of hydrogen-bond acceptors (Lipinski definition) is 3. The van der Waals surface area contributed by atoms with E-state index in [2.05, 4.69) is 17.9 Å². The summed E-state index contributed by atoms with van der Waals surface area (Å²) in [6.45, 7) is 0.766. The lowest BCUT2D eigenvalue weighted by atomic mass is 10.1. The van der Waals surface area contributed by atoms with Gasteiger partial charge < -0.3 is 10.1 Å². The molecular weight excluding hydrogens is 246 g/mol. The second-order valence-corrected chi connectivity index (χ2v) is 5.60. The monoisotopic (exact) mass is 263 g/mol. The second kappa shape index (κ2) is 4.94. The first-order valence-electron chi connectivity index (χ1n) is 6.45. The number of benzene rings is 1. The molecule has 1 aliphatic heterocycles. The Kier molecular flexibility index (Phi) is 3.31. The number of carbonyl (C=O) groups excluding carboxylic acids is 1. The van der Waals surface area contributed by atoms with Crippen LogP contribution in [0.4, 0.5) is 0 Å². The van der Waals surface area contributed by atoms with E-state index in [1.165, 1.54) is 12.8 Å². The molecule has 1 heterocycles. The first-order valence-corrected chi connectivity index (χ1v) is 6.90. The van der Waals surface area contributed by atoms with E-state index in [4.69, 9.17) is 4.74 Å². The molecule has 0 aromatic heterocycles. The van der Waals surface area contributed by atoms with Crippen LogP contribution in [-0.2, 0) is 4.74 Å². The number of hydrogen-bond donors (Lipinski definition) is 2. The zero-order chi connectivity index (χ0) is 12.5. The van der Waals surface area contributed by atoms with Crippen molar-refractivity contribution in [2.24, 2.45) is 5.92 Å². The maximum absolute atomic E-state index is 12.1. The fraction of sp³-hybridized carbons (Fsp3) is 0.500. The van der Waals surface area contributed by atoms with Gasteiger partial charge in [-0.1, -0.05) is 0 Å². The predicted octanol–water partition coefficient (Wildman–Crippen LogP) is 2.27. The van der Waals surface area contributed by atoms with Crippen LogP contribution in [-0.4, -0.2) is 24.7 Å². The van der Waals surface area contributed by atoms with Gasteiger partial charge in [0.15, 0.2) is 0 Å². The van der Waals surface area contributed by atoms with Crippen molar-refractivity contribution in [2.45, 2.75) is 36.3 Å². The van der Waals surface area contributed by atoms with E-state index in [-0.39, 0.29) is 18.1 Å². The van der Waals surface area contributed by atoms with Gasteiger partial charge >= 0.3 is 0 Å². The summed E-state index contributed by atoms with van der Waals surface area (Å²) in [5.74, 6) is 0.655. The van der Waals surface area contributed by atoms with E-state index in [1.54, 1.807) is 12.1 Å². The van der Waals surface area contributed by atoms with E-state index in [0.717, 1.165) is 17.9 Å². The van der Waals surface area contributed by atoms with E-state index in [1.807, 2.05) is 12.1 Å². The van der Waals surface area contributed by atoms with Gasteiger partial charge in [-0.25, -0.2) is 0 Å². The van der Waals surface area contributed by atoms with Gasteiger partial charge in [0.05, 0.1) is 12.1 Å². The summed E-state index contributed by atoms with van der Waals surface area (Å²) in [6.07, 6.45) is 3.65. The zero-order valence-electron chi connectivity index (χ0n) is 10.1. The molecule has 4 heteroatoms. The number of nitrogens with one attached hydrogen (secondary N) is 1.